The summed E-state index contributed by atoms with van der Waals surface area (Å²) in [6.45, 7) is 4.49. The Morgan fingerprint density at radius 2 is 2.00 bits per heavy atom. The maximum absolute atomic E-state index is 11.8. The molecule has 1 amide bonds. The van der Waals surface area contributed by atoms with Gasteiger partial charge in [-0.15, -0.1) is 0 Å². The standard InChI is InChI=1S/C15H22N2O/c1-11-7-8-14(12(2)9-11)16-10-15(18)17-13-5-3-4-6-13/h7-9,13,16H,3-6,10H2,1-2H3,(H,17,18). The number of nitrogens with one attached hydrogen (secondary N) is 2. The molecular weight excluding hydrogens is 224 g/mol. The van der Waals surface area contributed by atoms with Crippen LogP contribution in [0.2, 0.25) is 0 Å². The van der Waals surface area contributed by atoms with Crippen molar-refractivity contribution in [3.8, 4) is 0 Å². The second-order valence-corrected chi connectivity index (χ2v) is 5.22. The van der Waals surface area contributed by atoms with E-state index in [-0.39, 0.29) is 5.91 Å². The summed E-state index contributed by atoms with van der Waals surface area (Å²) in [4.78, 5) is 11.8. The molecule has 0 bridgehead atoms. The van der Waals surface area contributed by atoms with Crippen LogP contribution < -0.4 is 10.6 Å². The minimum Gasteiger partial charge on any atom is -0.376 e. The molecule has 0 unspecified atom stereocenters. The van der Waals surface area contributed by atoms with Crippen molar-refractivity contribution in [2.24, 2.45) is 0 Å². The lowest BCUT2D eigenvalue weighted by Crippen LogP contribution is -2.36. The highest BCUT2D eigenvalue weighted by atomic mass is 16.1. The van der Waals surface area contributed by atoms with Crippen molar-refractivity contribution in [3.05, 3.63) is 29.3 Å². The molecule has 1 saturated carbocycles. The highest BCUT2D eigenvalue weighted by Gasteiger charge is 2.16. The topological polar surface area (TPSA) is 41.1 Å². The Labute approximate surface area is 109 Å². The van der Waals surface area contributed by atoms with Gasteiger partial charge in [-0.3, -0.25) is 4.79 Å². The summed E-state index contributed by atoms with van der Waals surface area (Å²) in [5.74, 6) is 0.0990. The first-order chi connectivity index (χ1) is 8.65. The molecule has 0 saturated heterocycles. The molecule has 0 radical (unpaired) electrons. The molecule has 2 N–H and O–H groups in total. The molecule has 3 heteroatoms. The summed E-state index contributed by atoms with van der Waals surface area (Å²) < 4.78 is 0. The Morgan fingerprint density at radius 1 is 1.28 bits per heavy atom. The third-order valence-corrected chi connectivity index (χ3v) is 3.54. The van der Waals surface area contributed by atoms with Gasteiger partial charge in [-0.1, -0.05) is 30.5 Å². The lowest BCUT2D eigenvalue weighted by atomic mass is 10.1. The zero-order valence-electron chi connectivity index (χ0n) is 11.3. The Hall–Kier alpha value is -1.51. The SMILES string of the molecule is Cc1ccc(NCC(=O)NC2CCCC2)c(C)c1. The fourth-order valence-electron chi connectivity index (χ4n) is 2.54. The monoisotopic (exact) mass is 246 g/mol. The van der Waals surface area contributed by atoms with Crippen LogP contribution in [0, 0.1) is 13.8 Å². The summed E-state index contributed by atoms with van der Waals surface area (Å²) in [7, 11) is 0. The van der Waals surface area contributed by atoms with Crippen LogP contribution in [0.25, 0.3) is 0 Å². The molecule has 1 aromatic carbocycles. The van der Waals surface area contributed by atoms with Crippen molar-refractivity contribution >= 4 is 11.6 Å². The second-order valence-electron chi connectivity index (χ2n) is 5.22. The van der Waals surface area contributed by atoms with Gasteiger partial charge in [0.15, 0.2) is 0 Å². The van der Waals surface area contributed by atoms with Gasteiger partial charge in [-0.05, 0) is 38.3 Å². The smallest absolute Gasteiger partial charge is 0.239 e. The van der Waals surface area contributed by atoms with E-state index >= 15 is 0 Å². The van der Waals surface area contributed by atoms with E-state index in [4.69, 9.17) is 0 Å². The Bertz CT molecular complexity index is 423. The Balaban J connectivity index is 1.81. The Kier molecular flexibility index (Phi) is 4.24. The molecule has 0 spiro atoms. The normalized spacial score (nSPS) is 15.7. The second kappa shape index (κ2) is 5.89. The molecule has 0 heterocycles. The fraction of sp³-hybridized carbons (Fsp3) is 0.533. The van der Waals surface area contributed by atoms with E-state index in [1.165, 1.54) is 24.0 Å². The van der Waals surface area contributed by atoms with Crippen LogP contribution in [0.3, 0.4) is 0 Å². The number of rotatable bonds is 4. The third kappa shape index (κ3) is 3.49. The molecule has 0 aromatic heterocycles. The van der Waals surface area contributed by atoms with Crippen LogP contribution in [0.1, 0.15) is 36.8 Å². The van der Waals surface area contributed by atoms with Crippen molar-refractivity contribution in [2.45, 2.75) is 45.6 Å². The Morgan fingerprint density at radius 3 is 2.67 bits per heavy atom. The molecule has 1 aliphatic carbocycles. The predicted molar refractivity (Wildman–Crippen MR) is 74.8 cm³/mol. The van der Waals surface area contributed by atoms with Gasteiger partial charge >= 0.3 is 0 Å². The van der Waals surface area contributed by atoms with Gasteiger partial charge in [0.1, 0.15) is 0 Å². The molecule has 2 rings (SSSR count). The van der Waals surface area contributed by atoms with Crippen molar-refractivity contribution in [3.63, 3.8) is 0 Å². The van der Waals surface area contributed by atoms with Gasteiger partial charge < -0.3 is 10.6 Å². The number of hydrogen-bond donors (Lipinski definition) is 2. The van der Waals surface area contributed by atoms with Crippen molar-refractivity contribution < 1.29 is 4.79 Å². The van der Waals surface area contributed by atoms with Crippen molar-refractivity contribution in [1.82, 2.24) is 5.32 Å². The van der Waals surface area contributed by atoms with E-state index in [2.05, 4.69) is 36.6 Å². The molecule has 0 atom stereocenters. The number of amides is 1. The maximum atomic E-state index is 11.8. The third-order valence-electron chi connectivity index (χ3n) is 3.54. The van der Waals surface area contributed by atoms with Crippen LogP contribution in [0.15, 0.2) is 18.2 Å². The number of carbonyl (C=O) groups is 1. The number of benzene rings is 1. The lowest BCUT2D eigenvalue weighted by Gasteiger charge is -2.14. The summed E-state index contributed by atoms with van der Waals surface area (Å²) in [5.41, 5.74) is 3.47. The number of anilines is 1. The zero-order valence-corrected chi connectivity index (χ0v) is 11.3. The zero-order chi connectivity index (χ0) is 13.0. The number of aryl methyl sites for hydroxylation is 2. The van der Waals surface area contributed by atoms with E-state index < -0.39 is 0 Å². The highest BCUT2D eigenvalue weighted by molar-refractivity contribution is 5.81. The summed E-state index contributed by atoms with van der Waals surface area (Å²) >= 11 is 0. The average Bonchev–Trinajstić information content (AvgIpc) is 2.80. The maximum Gasteiger partial charge on any atom is 0.239 e. The first-order valence-corrected chi connectivity index (χ1v) is 6.75. The molecule has 3 nitrogen and oxygen atoms in total. The first kappa shape index (κ1) is 12.9. The minimum absolute atomic E-state index is 0.0990. The summed E-state index contributed by atoms with van der Waals surface area (Å²) in [6.07, 6.45) is 4.76. The van der Waals surface area contributed by atoms with Crippen LogP contribution in [0.4, 0.5) is 5.69 Å². The quantitative estimate of drug-likeness (QED) is 0.857. The molecule has 1 aliphatic rings. The van der Waals surface area contributed by atoms with Gasteiger partial charge in [0.25, 0.3) is 0 Å². The van der Waals surface area contributed by atoms with E-state index in [0.717, 1.165) is 18.5 Å². The van der Waals surface area contributed by atoms with Gasteiger partial charge in [-0.2, -0.15) is 0 Å². The van der Waals surface area contributed by atoms with E-state index in [9.17, 15) is 4.79 Å². The molecule has 0 aliphatic heterocycles. The van der Waals surface area contributed by atoms with E-state index in [1.807, 2.05) is 6.07 Å². The highest BCUT2D eigenvalue weighted by Crippen LogP contribution is 2.18. The van der Waals surface area contributed by atoms with Crippen LogP contribution in [-0.2, 0) is 4.79 Å². The fourth-order valence-corrected chi connectivity index (χ4v) is 2.54. The molecule has 1 fully saturated rings. The first-order valence-electron chi connectivity index (χ1n) is 6.75. The van der Waals surface area contributed by atoms with E-state index in [1.54, 1.807) is 0 Å². The lowest BCUT2D eigenvalue weighted by molar-refractivity contribution is -0.120. The molecule has 18 heavy (non-hydrogen) atoms. The van der Waals surface area contributed by atoms with Crippen LogP contribution in [0.5, 0.6) is 0 Å². The largest absolute Gasteiger partial charge is 0.376 e. The number of carbonyl (C=O) groups excluding carboxylic acids is 1. The van der Waals surface area contributed by atoms with Gasteiger partial charge in [0, 0.05) is 11.7 Å². The predicted octanol–water partition coefficient (Wildman–Crippen LogP) is 2.77. The van der Waals surface area contributed by atoms with Crippen molar-refractivity contribution in [2.75, 3.05) is 11.9 Å². The molecule has 1 aromatic rings. The van der Waals surface area contributed by atoms with Gasteiger partial charge in [0.05, 0.1) is 6.54 Å². The van der Waals surface area contributed by atoms with Crippen molar-refractivity contribution in [1.29, 1.82) is 0 Å². The van der Waals surface area contributed by atoms with Crippen LogP contribution >= 0.6 is 0 Å². The molecule has 98 valence electrons. The number of hydrogen-bond acceptors (Lipinski definition) is 2. The minimum atomic E-state index is 0.0990. The molecular formula is C15H22N2O. The summed E-state index contributed by atoms with van der Waals surface area (Å²) in [5, 5.41) is 6.28. The van der Waals surface area contributed by atoms with Gasteiger partial charge in [-0.25, -0.2) is 0 Å². The van der Waals surface area contributed by atoms with Gasteiger partial charge in [0.2, 0.25) is 5.91 Å². The summed E-state index contributed by atoms with van der Waals surface area (Å²) in [6, 6.07) is 6.62. The van der Waals surface area contributed by atoms with E-state index in [0.29, 0.717) is 12.6 Å². The van der Waals surface area contributed by atoms with Crippen LogP contribution in [-0.4, -0.2) is 18.5 Å². The average molecular weight is 246 g/mol.